The van der Waals surface area contributed by atoms with Crippen molar-refractivity contribution in [2.24, 2.45) is 5.92 Å². The SMILES string of the molecule is C=CCC[C@H](NC(=O)OCC1c2ccccc2-c2ccccc21)C(=O)O[C@H](CNC(=O)[C@H](CC=C)CC(=O)N[C@@H](CO)Cc1ccccc1)c1ccccc1. The Morgan fingerprint density at radius 2 is 1.40 bits per heavy atom. The number of rotatable bonds is 20. The van der Waals surface area contributed by atoms with Gasteiger partial charge in [0.25, 0.3) is 0 Å². The lowest BCUT2D eigenvalue weighted by Crippen LogP contribution is -2.44. The normalized spacial score (nSPS) is 13.8. The van der Waals surface area contributed by atoms with Crippen molar-refractivity contribution in [3.8, 4) is 11.1 Å². The van der Waals surface area contributed by atoms with E-state index in [2.05, 4.69) is 41.2 Å². The first-order valence-corrected chi connectivity index (χ1v) is 18.6. The second-order valence-corrected chi connectivity index (χ2v) is 13.5. The summed E-state index contributed by atoms with van der Waals surface area (Å²) in [7, 11) is 0. The predicted octanol–water partition coefficient (Wildman–Crippen LogP) is 6.56. The fourth-order valence-electron chi connectivity index (χ4n) is 6.83. The standard InChI is InChI=1S/C45H49N3O7/c1-3-5-25-40(48-45(53)54-30-39-37-23-14-12-21-35(37)36-22-13-15-24-38(36)39)44(52)55-41(32-19-10-7-11-20-32)28-46-43(51)33(16-4-2)27-42(50)47-34(29-49)26-31-17-8-6-9-18-31/h3-4,6-15,17-24,33-34,39-41,49H,1-2,5,16,25-30H2,(H,46,51)(H,47,50)(H,48,53)/t33-,34-,40+,41-/m1/s1. The van der Waals surface area contributed by atoms with Gasteiger partial charge in [0, 0.05) is 12.3 Å². The van der Waals surface area contributed by atoms with E-state index in [1.165, 1.54) is 0 Å². The van der Waals surface area contributed by atoms with Gasteiger partial charge in [-0.05, 0) is 59.1 Å². The van der Waals surface area contributed by atoms with E-state index in [1.54, 1.807) is 36.4 Å². The number of nitrogens with one attached hydrogen (secondary N) is 3. The third kappa shape index (κ3) is 11.3. The number of hydrogen-bond donors (Lipinski definition) is 4. The van der Waals surface area contributed by atoms with Crippen LogP contribution in [-0.2, 0) is 30.3 Å². The number of fused-ring (bicyclic) bond motifs is 3. The van der Waals surface area contributed by atoms with E-state index in [0.29, 0.717) is 18.4 Å². The summed E-state index contributed by atoms with van der Waals surface area (Å²) in [6, 6.07) is 32.9. The summed E-state index contributed by atoms with van der Waals surface area (Å²) < 4.78 is 11.7. The van der Waals surface area contributed by atoms with Gasteiger partial charge in [-0.2, -0.15) is 0 Å². The first kappa shape index (κ1) is 40.2. The van der Waals surface area contributed by atoms with Crippen molar-refractivity contribution < 1.29 is 33.8 Å². The van der Waals surface area contributed by atoms with Crippen LogP contribution >= 0.6 is 0 Å². The van der Waals surface area contributed by atoms with Crippen LogP contribution in [0.1, 0.15) is 60.0 Å². The zero-order valence-electron chi connectivity index (χ0n) is 30.9. The summed E-state index contributed by atoms with van der Waals surface area (Å²) in [6.45, 7) is 7.25. The van der Waals surface area contributed by atoms with E-state index in [4.69, 9.17) is 9.47 Å². The zero-order valence-corrected chi connectivity index (χ0v) is 30.9. The molecule has 0 spiro atoms. The fraction of sp³-hybridized carbons (Fsp3) is 0.289. The van der Waals surface area contributed by atoms with Gasteiger partial charge in [0.15, 0.2) is 0 Å². The number of ether oxygens (including phenoxy) is 2. The lowest BCUT2D eigenvalue weighted by Gasteiger charge is -2.24. The first-order chi connectivity index (χ1) is 26.8. The molecule has 286 valence electrons. The molecule has 0 unspecified atom stereocenters. The molecular weight excluding hydrogens is 695 g/mol. The quantitative estimate of drug-likeness (QED) is 0.0593. The molecule has 0 bridgehead atoms. The molecule has 1 aliphatic rings. The van der Waals surface area contributed by atoms with Crippen molar-refractivity contribution in [2.45, 2.75) is 56.2 Å². The molecule has 0 saturated heterocycles. The van der Waals surface area contributed by atoms with E-state index < -0.39 is 42.1 Å². The number of benzene rings is 4. The van der Waals surface area contributed by atoms with Gasteiger partial charge in [-0.1, -0.05) is 121 Å². The Labute approximate surface area is 322 Å². The second-order valence-electron chi connectivity index (χ2n) is 13.5. The molecule has 4 N–H and O–H groups in total. The number of hydrogen-bond acceptors (Lipinski definition) is 7. The van der Waals surface area contributed by atoms with E-state index in [1.807, 2.05) is 72.8 Å². The highest BCUT2D eigenvalue weighted by Gasteiger charge is 2.31. The van der Waals surface area contributed by atoms with Crippen molar-refractivity contribution in [2.75, 3.05) is 19.8 Å². The van der Waals surface area contributed by atoms with Crippen molar-refractivity contribution in [1.29, 1.82) is 0 Å². The molecule has 4 aromatic rings. The molecular formula is C45H49N3O7. The van der Waals surface area contributed by atoms with Crippen LogP contribution in [-0.4, -0.2) is 60.8 Å². The second kappa shape index (κ2) is 20.5. The smallest absolute Gasteiger partial charge is 0.407 e. The average molecular weight is 744 g/mol. The maximum Gasteiger partial charge on any atom is 0.407 e. The number of carbonyl (C=O) groups excluding carboxylic acids is 4. The van der Waals surface area contributed by atoms with Gasteiger partial charge in [0.2, 0.25) is 11.8 Å². The number of allylic oxidation sites excluding steroid dienone is 2. The lowest BCUT2D eigenvalue weighted by atomic mass is 9.98. The third-order valence-electron chi connectivity index (χ3n) is 9.64. The van der Waals surface area contributed by atoms with Crippen molar-refractivity contribution >= 4 is 23.9 Å². The summed E-state index contributed by atoms with van der Waals surface area (Å²) in [5, 5.41) is 18.3. The molecule has 5 rings (SSSR count). The molecule has 55 heavy (non-hydrogen) atoms. The number of alkyl carbamates (subject to hydrolysis) is 1. The van der Waals surface area contributed by atoms with Crippen LogP contribution in [0.3, 0.4) is 0 Å². The number of carbonyl (C=O) groups is 4. The van der Waals surface area contributed by atoms with Gasteiger partial charge in [-0.15, -0.1) is 13.2 Å². The number of amides is 3. The highest BCUT2D eigenvalue weighted by Crippen LogP contribution is 2.44. The molecule has 0 aromatic heterocycles. The molecule has 0 aliphatic heterocycles. The maximum atomic E-state index is 13.7. The van der Waals surface area contributed by atoms with E-state index in [-0.39, 0.29) is 50.8 Å². The largest absolute Gasteiger partial charge is 0.454 e. The summed E-state index contributed by atoms with van der Waals surface area (Å²) >= 11 is 0. The molecule has 0 heterocycles. The predicted molar refractivity (Wildman–Crippen MR) is 212 cm³/mol. The van der Waals surface area contributed by atoms with Crippen LogP contribution < -0.4 is 16.0 Å². The summed E-state index contributed by atoms with van der Waals surface area (Å²) in [6.07, 6.45) is 2.73. The van der Waals surface area contributed by atoms with Crippen LogP contribution in [0.25, 0.3) is 11.1 Å². The highest BCUT2D eigenvalue weighted by molar-refractivity contribution is 5.86. The third-order valence-corrected chi connectivity index (χ3v) is 9.64. The highest BCUT2D eigenvalue weighted by atomic mass is 16.6. The summed E-state index contributed by atoms with van der Waals surface area (Å²) in [5.74, 6) is -2.41. The monoisotopic (exact) mass is 743 g/mol. The molecule has 0 saturated carbocycles. The van der Waals surface area contributed by atoms with Gasteiger partial charge in [-0.3, -0.25) is 9.59 Å². The Morgan fingerprint density at radius 1 is 0.782 bits per heavy atom. The average Bonchev–Trinajstić information content (AvgIpc) is 3.53. The molecule has 4 atom stereocenters. The minimum Gasteiger partial charge on any atom is -0.454 e. The maximum absolute atomic E-state index is 13.7. The van der Waals surface area contributed by atoms with Crippen molar-refractivity contribution in [3.05, 3.63) is 157 Å². The van der Waals surface area contributed by atoms with Gasteiger partial charge in [0.05, 0.1) is 25.1 Å². The van der Waals surface area contributed by atoms with Gasteiger partial charge >= 0.3 is 12.1 Å². The molecule has 10 nitrogen and oxygen atoms in total. The van der Waals surface area contributed by atoms with Crippen LogP contribution in [0.2, 0.25) is 0 Å². The molecule has 1 aliphatic carbocycles. The molecule has 10 heteroatoms. The van der Waals surface area contributed by atoms with Crippen molar-refractivity contribution in [1.82, 2.24) is 16.0 Å². The van der Waals surface area contributed by atoms with Gasteiger partial charge in [-0.25, -0.2) is 9.59 Å². The first-order valence-electron chi connectivity index (χ1n) is 18.6. The Morgan fingerprint density at radius 3 is 2.02 bits per heavy atom. The van der Waals surface area contributed by atoms with Crippen LogP contribution in [0, 0.1) is 5.92 Å². The van der Waals surface area contributed by atoms with Crippen LogP contribution in [0.4, 0.5) is 4.79 Å². The Balaban J connectivity index is 1.20. The Kier molecular flexibility index (Phi) is 14.9. The summed E-state index contributed by atoms with van der Waals surface area (Å²) in [5.41, 5.74) is 5.94. The minimum absolute atomic E-state index is 0.0827. The summed E-state index contributed by atoms with van der Waals surface area (Å²) in [4.78, 5) is 53.4. The van der Waals surface area contributed by atoms with E-state index >= 15 is 0 Å². The Hall–Kier alpha value is -6.00. The van der Waals surface area contributed by atoms with Gasteiger partial charge in [0.1, 0.15) is 18.8 Å². The molecule has 0 fully saturated rings. The topological polar surface area (TPSA) is 143 Å². The zero-order chi connectivity index (χ0) is 39.0. The Bertz CT molecular complexity index is 1870. The van der Waals surface area contributed by atoms with Gasteiger partial charge < -0.3 is 30.5 Å². The van der Waals surface area contributed by atoms with Crippen LogP contribution in [0.15, 0.2) is 135 Å². The minimum atomic E-state index is -1.05. The molecule has 0 radical (unpaired) electrons. The number of aliphatic hydroxyl groups is 1. The van der Waals surface area contributed by atoms with Crippen molar-refractivity contribution in [3.63, 3.8) is 0 Å². The lowest BCUT2D eigenvalue weighted by molar-refractivity contribution is -0.152. The van der Waals surface area contributed by atoms with E-state index in [9.17, 15) is 24.3 Å². The fourth-order valence-corrected chi connectivity index (χ4v) is 6.83. The van der Waals surface area contributed by atoms with E-state index in [0.717, 1.165) is 27.8 Å². The molecule has 3 amide bonds. The number of esters is 1. The molecule has 4 aromatic carbocycles. The number of aliphatic hydroxyl groups excluding tert-OH is 1. The van der Waals surface area contributed by atoms with Crippen LogP contribution in [0.5, 0.6) is 0 Å².